The molecule has 0 saturated carbocycles. The van der Waals surface area contributed by atoms with Crippen LogP contribution in [0.25, 0.3) is 21.0 Å². The first-order chi connectivity index (χ1) is 14.9. The number of carbonyl (C=O) groups excluding carboxylic acids is 1. The van der Waals surface area contributed by atoms with Crippen molar-refractivity contribution in [1.82, 2.24) is 9.88 Å². The number of fused-ring (bicyclic) bond motifs is 2. The number of nitrogens with zero attached hydrogens (tertiary/aromatic N) is 3. The molecule has 0 aliphatic carbocycles. The van der Waals surface area contributed by atoms with E-state index < -0.39 is 0 Å². The number of amides is 1. The number of aromatic nitrogens is 1. The highest BCUT2D eigenvalue weighted by atomic mass is 32.1. The maximum atomic E-state index is 13.5. The van der Waals surface area contributed by atoms with E-state index in [1.807, 2.05) is 23.1 Å². The fourth-order valence-corrected chi connectivity index (χ4v) is 5.24. The minimum Gasteiger partial charge on any atom is -0.309 e. The molecule has 4 rings (SSSR count). The Balaban J connectivity index is 1.67. The lowest BCUT2D eigenvalue weighted by molar-refractivity contribution is -0.118. The van der Waals surface area contributed by atoms with Gasteiger partial charge in [0, 0.05) is 6.54 Å². The second kappa shape index (κ2) is 9.16. The van der Waals surface area contributed by atoms with Crippen LogP contribution in [0.2, 0.25) is 0 Å². The van der Waals surface area contributed by atoms with Crippen molar-refractivity contribution in [3.8, 4) is 0 Å². The van der Waals surface area contributed by atoms with Crippen LogP contribution in [0, 0.1) is 13.8 Å². The molecule has 0 N–H and O–H groups in total. The molecule has 1 heterocycles. The third kappa shape index (κ3) is 4.78. The first kappa shape index (κ1) is 21.5. The van der Waals surface area contributed by atoms with Crippen LogP contribution in [0.5, 0.6) is 0 Å². The lowest BCUT2D eigenvalue weighted by Gasteiger charge is -2.21. The van der Waals surface area contributed by atoms with E-state index in [0.29, 0.717) is 13.0 Å². The lowest BCUT2D eigenvalue weighted by atomic mass is 10.0. The van der Waals surface area contributed by atoms with Crippen LogP contribution in [-0.2, 0) is 11.2 Å². The van der Waals surface area contributed by atoms with Gasteiger partial charge in [-0.1, -0.05) is 59.9 Å². The summed E-state index contributed by atoms with van der Waals surface area (Å²) in [4.78, 5) is 22.5. The molecule has 4 nitrogen and oxygen atoms in total. The van der Waals surface area contributed by atoms with Gasteiger partial charge in [-0.05, 0) is 74.4 Å². The number of carbonyl (C=O) groups is 1. The summed E-state index contributed by atoms with van der Waals surface area (Å²) >= 11 is 1.62. The van der Waals surface area contributed by atoms with E-state index in [1.165, 1.54) is 5.56 Å². The summed E-state index contributed by atoms with van der Waals surface area (Å²) in [5.41, 5.74) is 4.45. The molecule has 0 unspecified atom stereocenters. The van der Waals surface area contributed by atoms with Crippen LogP contribution < -0.4 is 4.90 Å². The minimum atomic E-state index is 0.101. The van der Waals surface area contributed by atoms with Crippen LogP contribution in [0.3, 0.4) is 0 Å². The van der Waals surface area contributed by atoms with Gasteiger partial charge in [-0.15, -0.1) is 0 Å². The van der Waals surface area contributed by atoms with Gasteiger partial charge in [0.25, 0.3) is 0 Å². The molecular weight excluding hydrogens is 402 g/mol. The van der Waals surface area contributed by atoms with Crippen molar-refractivity contribution in [2.75, 3.05) is 32.1 Å². The molecule has 0 saturated heterocycles. The fraction of sp³-hybridized carbons (Fsp3) is 0.308. The Morgan fingerprint density at radius 2 is 1.77 bits per heavy atom. The number of hydrogen-bond acceptors (Lipinski definition) is 4. The summed E-state index contributed by atoms with van der Waals surface area (Å²) in [5, 5.41) is 3.10. The normalized spacial score (nSPS) is 11.5. The Morgan fingerprint density at radius 1 is 1.00 bits per heavy atom. The average molecular weight is 432 g/mol. The highest BCUT2D eigenvalue weighted by Gasteiger charge is 2.21. The van der Waals surface area contributed by atoms with E-state index in [2.05, 4.69) is 69.2 Å². The molecule has 0 atom stereocenters. The molecule has 0 aliphatic heterocycles. The average Bonchev–Trinajstić information content (AvgIpc) is 3.15. The molecule has 0 aliphatic rings. The molecule has 0 spiro atoms. The Kier molecular flexibility index (Phi) is 6.35. The largest absolute Gasteiger partial charge is 0.309 e. The van der Waals surface area contributed by atoms with E-state index in [1.54, 1.807) is 11.3 Å². The third-order valence-electron chi connectivity index (χ3n) is 5.56. The zero-order chi connectivity index (χ0) is 22.0. The van der Waals surface area contributed by atoms with Gasteiger partial charge < -0.3 is 4.90 Å². The maximum Gasteiger partial charge on any atom is 0.233 e. The molecule has 0 radical (unpaired) electrons. The van der Waals surface area contributed by atoms with E-state index in [0.717, 1.165) is 50.2 Å². The monoisotopic (exact) mass is 431 g/mol. The van der Waals surface area contributed by atoms with E-state index >= 15 is 0 Å². The molecule has 160 valence electrons. The Labute approximate surface area is 188 Å². The maximum absolute atomic E-state index is 13.5. The van der Waals surface area contributed by atoms with Crippen LogP contribution in [-0.4, -0.2) is 43.0 Å². The highest BCUT2D eigenvalue weighted by Crippen LogP contribution is 2.32. The van der Waals surface area contributed by atoms with E-state index in [9.17, 15) is 4.79 Å². The van der Waals surface area contributed by atoms with Gasteiger partial charge in [0.2, 0.25) is 5.91 Å². The summed E-state index contributed by atoms with van der Waals surface area (Å²) in [6.45, 7) is 5.79. The number of aryl methyl sites for hydroxylation is 2. The lowest BCUT2D eigenvalue weighted by Crippen LogP contribution is -2.34. The second-order valence-electron chi connectivity index (χ2n) is 8.44. The predicted octanol–water partition coefficient (Wildman–Crippen LogP) is 5.59. The van der Waals surface area contributed by atoms with Gasteiger partial charge >= 0.3 is 0 Å². The molecule has 0 bridgehead atoms. The van der Waals surface area contributed by atoms with E-state index in [4.69, 9.17) is 4.98 Å². The van der Waals surface area contributed by atoms with Gasteiger partial charge in [-0.2, -0.15) is 0 Å². The number of hydrogen-bond donors (Lipinski definition) is 0. The van der Waals surface area contributed by atoms with Crippen LogP contribution in [0.15, 0.2) is 54.6 Å². The predicted molar refractivity (Wildman–Crippen MR) is 132 cm³/mol. The van der Waals surface area contributed by atoms with Crippen molar-refractivity contribution in [3.63, 3.8) is 0 Å². The number of anilines is 1. The van der Waals surface area contributed by atoms with Crippen molar-refractivity contribution in [2.24, 2.45) is 0 Å². The first-order valence-corrected chi connectivity index (χ1v) is 11.5. The van der Waals surface area contributed by atoms with E-state index in [-0.39, 0.29) is 5.91 Å². The standard InChI is InChI=1S/C26H29N3OS/c1-18-15-19(2)25-23(16-18)31-26(27-25)29(14-8-13-28(3)4)24(30)17-21-11-7-10-20-9-5-6-12-22(20)21/h5-7,9-12,15-16H,8,13-14,17H2,1-4H3. The van der Waals surface area contributed by atoms with Crippen molar-refractivity contribution in [3.05, 3.63) is 71.3 Å². The first-order valence-electron chi connectivity index (χ1n) is 10.7. The summed E-state index contributed by atoms with van der Waals surface area (Å²) < 4.78 is 1.14. The minimum absolute atomic E-state index is 0.101. The van der Waals surface area contributed by atoms with Gasteiger partial charge in [0.1, 0.15) is 0 Å². The number of rotatable bonds is 7. The van der Waals surface area contributed by atoms with Crippen LogP contribution in [0.4, 0.5) is 5.13 Å². The van der Waals surface area contributed by atoms with Gasteiger partial charge in [0.05, 0.1) is 16.6 Å². The molecule has 1 amide bonds. The van der Waals surface area contributed by atoms with Crippen molar-refractivity contribution in [1.29, 1.82) is 0 Å². The van der Waals surface area contributed by atoms with Crippen molar-refractivity contribution < 1.29 is 4.79 Å². The summed E-state index contributed by atoms with van der Waals surface area (Å²) in [5.74, 6) is 0.101. The smallest absolute Gasteiger partial charge is 0.233 e. The molecule has 5 heteroatoms. The van der Waals surface area contributed by atoms with Crippen LogP contribution >= 0.6 is 11.3 Å². The zero-order valence-corrected chi connectivity index (χ0v) is 19.5. The molecular formula is C26H29N3OS. The number of thiazole rings is 1. The summed E-state index contributed by atoms with van der Waals surface area (Å²) in [6.07, 6.45) is 1.28. The SMILES string of the molecule is Cc1cc(C)c2nc(N(CCCN(C)C)C(=O)Cc3cccc4ccccc34)sc2c1. The Bertz CT molecular complexity index is 1220. The van der Waals surface area contributed by atoms with Crippen LogP contribution in [0.1, 0.15) is 23.1 Å². The highest BCUT2D eigenvalue weighted by molar-refractivity contribution is 7.22. The van der Waals surface area contributed by atoms with Gasteiger partial charge in [0.15, 0.2) is 5.13 Å². The summed E-state index contributed by atoms with van der Waals surface area (Å²) in [7, 11) is 4.12. The van der Waals surface area contributed by atoms with Crippen molar-refractivity contribution >= 4 is 43.4 Å². The Hall–Kier alpha value is -2.76. The topological polar surface area (TPSA) is 36.4 Å². The molecule has 3 aromatic carbocycles. The zero-order valence-electron chi connectivity index (χ0n) is 18.7. The number of benzene rings is 3. The van der Waals surface area contributed by atoms with Gasteiger partial charge in [-0.3, -0.25) is 9.69 Å². The molecule has 0 fully saturated rings. The Morgan fingerprint density at radius 3 is 2.58 bits per heavy atom. The second-order valence-corrected chi connectivity index (χ2v) is 9.45. The fourth-order valence-electron chi connectivity index (χ4n) is 4.05. The third-order valence-corrected chi connectivity index (χ3v) is 6.58. The quantitative estimate of drug-likeness (QED) is 0.382. The molecule has 1 aromatic heterocycles. The molecule has 31 heavy (non-hydrogen) atoms. The molecule has 4 aromatic rings. The summed E-state index contributed by atoms with van der Waals surface area (Å²) in [6, 6.07) is 18.8. The van der Waals surface area contributed by atoms with Crippen molar-refractivity contribution in [2.45, 2.75) is 26.7 Å². The van der Waals surface area contributed by atoms with Gasteiger partial charge in [-0.25, -0.2) is 4.98 Å².